The number of nitrogens with one attached hydrogen (secondary N) is 2. The maximum absolute atomic E-state index is 12.9. The van der Waals surface area contributed by atoms with Crippen LogP contribution in [0.1, 0.15) is 31.7 Å². The standard InChI is InChI=1S/C22H27N5O2/c1-15-13-27(19-7-6-16(12-23)21-18(19)5-3-10-25-21)14-20(29-15)22(28)26-17-4-2-9-24-11-8-17/h3,5-7,10,15,17,20,24H,2,4,8-9,11,13-14H2,1H3,(H,26,28)/t15-,17?,20-/m1/s1. The normalized spacial score (nSPS) is 25.2. The SMILES string of the molecule is C[C@@H]1CN(c2ccc(C#N)c3ncccc23)C[C@H](C(=O)NC2CCCNCC2)O1. The first-order chi connectivity index (χ1) is 14.2. The molecule has 2 fully saturated rings. The summed E-state index contributed by atoms with van der Waals surface area (Å²) in [5.41, 5.74) is 2.24. The number of anilines is 1. The quantitative estimate of drug-likeness (QED) is 0.829. The van der Waals surface area contributed by atoms with E-state index in [0.29, 0.717) is 24.2 Å². The molecule has 4 rings (SSSR count). The van der Waals surface area contributed by atoms with Gasteiger partial charge in [0.2, 0.25) is 0 Å². The van der Waals surface area contributed by atoms with Crippen molar-refractivity contribution < 1.29 is 9.53 Å². The average Bonchev–Trinajstić information content (AvgIpc) is 3.01. The van der Waals surface area contributed by atoms with Crippen molar-refractivity contribution in [1.82, 2.24) is 15.6 Å². The second kappa shape index (κ2) is 8.76. The number of aromatic nitrogens is 1. The minimum atomic E-state index is -0.516. The van der Waals surface area contributed by atoms with Crippen LogP contribution in [0.3, 0.4) is 0 Å². The molecule has 1 aromatic carbocycles. The molecule has 29 heavy (non-hydrogen) atoms. The van der Waals surface area contributed by atoms with Crippen LogP contribution in [0.5, 0.6) is 0 Å². The van der Waals surface area contributed by atoms with Crippen LogP contribution < -0.4 is 15.5 Å². The Labute approximate surface area is 171 Å². The summed E-state index contributed by atoms with van der Waals surface area (Å²) in [6.45, 7) is 5.11. The summed E-state index contributed by atoms with van der Waals surface area (Å²) in [5, 5.41) is 16.9. The number of rotatable bonds is 3. The van der Waals surface area contributed by atoms with Crippen molar-refractivity contribution in [2.45, 2.75) is 44.4 Å². The maximum Gasteiger partial charge on any atom is 0.251 e. The van der Waals surface area contributed by atoms with Crippen LogP contribution in [0.4, 0.5) is 5.69 Å². The molecule has 1 aromatic heterocycles. The highest BCUT2D eigenvalue weighted by Crippen LogP contribution is 2.30. The summed E-state index contributed by atoms with van der Waals surface area (Å²) < 4.78 is 5.99. The number of carbonyl (C=O) groups is 1. The maximum atomic E-state index is 12.9. The first-order valence-electron chi connectivity index (χ1n) is 10.3. The smallest absolute Gasteiger partial charge is 0.251 e. The Bertz CT molecular complexity index is 917. The summed E-state index contributed by atoms with van der Waals surface area (Å²) in [4.78, 5) is 19.5. The number of hydrogen-bond acceptors (Lipinski definition) is 6. The van der Waals surface area contributed by atoms with E-state index in [4.69, 9.17) is 4.74 Å². The molecule has 0 radical (unpaired) electrons. The van der Waals surface area contributed by atoms with E-state index in [1.807, 2.05) is 25.1 Å². The topological polar surface area (TPSA) is 90.3 Å². The van der Waals surface area contributed by atoms with Gasteiger partial charge in [0.15, 0.2) is 6.10 Å². The predicted molar refractivity (Wildman–Crippen MR) is 112 cm³/mol. The molecule has 2 saturated heterocycles. The molecule has 1 amide bonds. The number of ether oxygens (including phenoxy) is 1. The van der Waals surface area contributed by atoms with Gasteiger partial charge in [-0.05, 0) is 63.5 Å². The van der Waals surface area contributed by atoms with Gasteiger partial charge in [0, 0.05) is 29.9 Å². The summed E-state index contributed by atoms with van der Waals surface area (Å²) in [5.74, 6) is -0.0375. The fourth-order valence-corrected chi connectivity index (χ4v) is 4.27. The number of morpholine rings is 1. The van der Waals surface area contributed by atoms with Gasteiger partial charge in [0.1, 0.15) is 6.07 Å². The van der Waals surface area contributed by atoms with E-state index < -0.39 is 6.10 Å². The van der Waals surface area contributed by atoms with Gasteiger partial charge in [-0.15, -0.1) is 0 Å². The minimum Gasteiger partial charge on any atom is -0.365 e. The molecule has 0 spiro atoms. The van der Waals surface area contributed by atoms with E-state index in [0.717, 1.165) is 43.4 Å². The van der Waals surface area contributed by atoms with Crippen LogP contribution in [0.15, 0.2) is 30.5 Å². The number of pyridine rings is 1. The lowest BCUT2D eigenvalue weighted by Gasteiger charge is -2.38. The van der Waals surface area contributed by atoms with E-state index in [2.05, 4.69) is 26.6 Å². The predicted octanol–water partition coefficient (Wildman–Crippen LogP) is 1.96. The van der Waals surface area contributed by atoms with Crippen molar-refractivity contribution in [1.29, 1.82) is 5.26 Å². The van der Waals surface area contributed by atoms with E-state index in [1.54, 1.807) is 12.3 Å². The van der Waals surface area contributed by atoms with E-state index >= 15 is 0 Å². The van der Waals surface area contributed by atoms with Crippen LogP contribution in [0, 0.1) is 11.3 Å². The molecule has 3 heterocycles. The second-order valence-electron chi connectivity index (χ2n) is 7.87. The number of nitriles is 1. The minimum absolute atomic E-state index is 0.0375. The number of hydrogen-bond donors (Lipinski definition) is 2. The molecule has 0 saturated carbocycles. The molecule has 2 aromatic rings. The monoisotopic (exact) mass is 393 g/mol. The second-order valence-corrected chi connectivity index (χ2v) is 7.87. The molecular formula is C22H27N5O2. The Morgan fingerprint density at radius 2 is 2.21 bits per heavy atom. The summed E-state index contributed by atoms with van der Waals surface area (Å²) >= 11 is 0. The van der Waals surface area contributed by atoms with Crippen LogP contribution in [0.25, 0.3) is 10.9 Å². The lowest BCUT2D eigenvalue weighted by Crippen LogP contribution is -2.54. The lowest BCUT2D eigenvalue weighted by atomic mass is 10.1. The fourth-order valence-electron chi connectivity index (χ4n) is 4.27. The van der Waals surface area contributed by atoms with Gasteiger partial charge in [-0.25, -0.2) is 0 Å². The Morgan fingerprint density at radius 1 is 1.31 bits per heavy atom. The number of amides is 1. The highest BCUT2D eigenvalue weighted by molar-refractivity contribution is 5.95. The highest BCUT2D eigenvalue weighted by Gasteiger charge is 2.32. The first-order valence-corrected chi connectivity index (χ1v) is 10.3. The first kappa shape index (κ1) is 19.6. The third kappa shape index (κ3) is 4.34. The van der Waals surface area contributed by atoms with Gasteiger partial charge < -0.3 is 20.3 Å². The van der Waals surface area contributed by atoms with Crippen molar-refractivity contribution in [3.8, 4) is 6.07 Å². The molecule has 7 nitrogen and oxygen atoms in total. The number of nitrogens with zero attached hydrogens (tertiary/aromatic N) is 3. The van der Waals surface area contributed by atoms with E-state index in [9.17, 15) is 10.1 Å². The van der Waals surface area contributed by atoms with Crippen LogP contribution in [0.2, 0.25) is 0 Å². The molecule has 2 aliphatic heterocycles. The highest BCUT2D eigenvalue weighted by atomic mass is 16.5. The lowest BCUT2D eigenvalue weighted by molar-refractivity contribution is -0.138. The Balaban J connectivity index is 1.54. The molecule has 2 N–H and O–H groups in total. The molecule has 1 unspecified atom stereocenters. The molecular weight excluding hydrogens is 366 g/mol. The largest absolute Gasteiger partial charge is 0.365 e. The van der Waals surface area contributed by atoms with Crippen molar-refractivity contribution in [2.75, 3.05) is 31.1 Å². The number of fused-ring (bicyclic) bond motifs is 1. The van der Waals surface area contributed by atoms with E-state index in [-0.39, 0.29) is 18.1 Å². The zero-order valence-corrected chi connectivity index (χ0v) is 16.7. The zero-order chi connectivity index (χ0) is 20.2. The molecule has 0 bridgehead atoms. The van der Waals surface area contributed by atoms with E-state index in [1.165, 1.54) is 0 Å². The van der Waals surface area contributed by atoms with Gasteiger partial charge in [-0.3, -0.25) is 9.78 Å². The summed E-state index contributed by atoms with van der Waals surface area (Å²) in [6.07, 6.45) is 4.13. The van der Waals surface area contributed by atoms with Crippen LogP contribution >= 0.6 is 0 Å². The number of benzene rings is 1. The number of carbonyl (C=O) groups excluding carboxylic acids is 1. The third-order valence-electron chi connectivity index (χ3n) is 5.68. The van der Waals surface area contributed by atoms with Gasteiger partial charge >= 0.3 is 0 Å². The fraction of sp³-hybridized carbons (Fsp3) is 0.500. The average molecular weight is 393 g/mol. The van der Waals surface area contributed by atoms with Gasteiger partial charge in [0.25, 0.3) is 5.91 Å². The Hall–Kier alpha value is -2.69. The molecule has 3 atom stereocenters. The summed E-state index contributed by atoms with van der Waals surface area (Å²) in [7, 11) is 0. The van der Waals surface area contributed by atoms with Crippen molar-refractivity contribution in [3.63, 3.8) is 0 Å². The Morgan fingerprint density at radius 3 is 3.07 bits per heavy atom. The third-order valence-corrected chi connectivity index (χ3v) is 5.68. The molecule has 7 heteroatoms. The van der Waals surface area contributed by atoms with Crippen LogP contribution in [-0.2, 0) is 9.53 Å². The Kier molecular flexibility index (Phi) is 5.93. The van der Waals surface area contributed by atoms with Gasteiger partial charge in [-0.2, -0.15) is 5.26 Å². The van der Waals surface area contributed by atoms with Crippen LogP contribution in [-0.4, -0.2) is 55.3 Å². The molecule has 0 aliphatic carbocycles. The zero-order valence-electron chi connectivity index (χ0n) is 16.7. The molecule has 152 valence electrons. The van der Waals surface area contributed by atoms with Gasteiger partial charge in [0.05, 0.1) is 23.7 Å². The van der Waals surface area contributed by atoms with Crippen molar-refractivity contribution >= 4 is 22.5 Å². The summed E-state index contributed by atoms with van der Waals surface area (Å²) in [6, 6.07) is 10.0. The molecule has 2 aliphatic rings. The van der Waals surface area contributed by atoms with Gasteiger partial charge in [-0.1, -0.05) is 0 Å². The van der Waals surface area contributed by atoms with Crippen molar-refractivity contribution in [3.05, 3.63) is 36.0 Å². The van der Waals surface area contributed by atoms with Crippen molar-refractivity contribution in [2.24, 2.45) is 0 Å².